The van der Waals surface area contributed by atoms with Crippen molar-refractivity contribution in [1.29, 1.82) is 0 Å². The Kier molecular flexibility index (Phi) is 4.64. The fourth-order valence-electron chi connectivity index (χ4n) is 3.45. The van der Waals surface area contributed by atoms with Crippen molar-refractivity contribution in [2.45, 2.75) is 13.0 Å². The second-order valence-corrected chi connectivity index (χ2v) is 6.98. The summed E-state index contributed by atoms with van der Waals surface area (Å²) in [7, 11) is 1.63. The number of ether oxygens (including phenoxy) is 3. The highest BCUT2D eigenvalue weighted by molar-refractivity contribution is 6.30. The van der Waals surface area contributed by atoms with Crippen LogP contribution in [0.4, 0.5) is 0 Å². The number of carbonyl (C=O) groups excluding carboxylic acids is 1. The number of rotatable bonds is 2. The number of nitrogens with zero attached hydrogens (tertiary/aromatic N) is 1. The molecule has 2 heterocycles. The Hall–Kier alpha value is -2.40. The molecule has 2 aromatic carbocycles. The Labute approximate surface area is 157 Å². The molecule has 5 nitrogen and oxygen atoms in total. The lowest BCUT2D eigenvalue weighted by molar-refractivity contribution is -0.137. The van der Waals surface area contributed by atoms with E-state index in [4.69, 9.17) is 25.8 Å². The molecule has 0 N–H and O–H groups in total. The van der Waals surface area contributed by atoms with E-state index in [1.807, 2.05) is 35.2 Å². The summed E-state index contributed by atoms with van der Waals surface area (Å²) in [6.07, 6.45) is 0.665. The highest BCUT2D eigenvalue weighted by Gasteiger charge is 2.31. The molecule has 2 aliphatic rings. The number of halogens is 1. The van der Waals surface area contributed by atoms with Crippen LogP contribution >= 0.6 is 11.6 Å². The molecule has 0 saturated heterocycles. The first kappa shape index (κ1) is 17.0. The van der Waals surface area contributed by atoms with Crippen LogP contribution in [0.25, 0.3) is 0 Å². The molecule has 0 saturated carbocycles. The van der Waals surface area contributed by atoms with Crippen molar-refractivity contribution in [1.82, 2.24) is 4.90 Å². The average molecular weight is 374 g/mol. The minimum Gasteiger partial charge on any atom is -0.497 e. The molecular weight excluding hydrogens is 354 g/mol. The molecule has 0 aliphatic carbocycles. The summed E-state index contributed by atoms with van der Waals surface area (Å²) in [6, 6.07) is 11.3. The monoisotopic (exact) mass is 373 g/mol. The Morgan fingerprint density at radius 2 is 2.04 bits per heavy atom. The zero-order chi connectivity index (χ0) is 18.1. The maximum absolute atomic E-state index is 13.1. The van der Waals surface area contributed by atoms with Crippen molar-refractivity contribution in [2.24, 2.45) is 5.92 Å². The SMILES string of the molecule is COc1ccc2c(c1)OC[C@@H](C(=O)N1CCOc3ccc(Cl)cc3C1)C2. The maximum atomic E-state index is 13.1. The van der Waals surface area contributed by atoms with Gasteiger partial charge in [-0.3, -0.25) is 4.79 Å². The van der Waals surface area contributed by atoms with Gasteiger partial charge >= 0.3 is 0 Å². The van der Waals surface area contributed by atoms with Gasteiger partial charge in [0.05, 0.1) is 19.6 Å². The van der Waals surface area contributed by atoms with Crippen LogP contribution in [0.2, 0.25) is 5.02 Å². The summed E-state index contributed by atoms with van der Waals surface area (Å²) in [5.74, 6) is 2.23. The van der Waals surface area contributed by atoms with E-state index < -0.39 is 0 Å². The van der Waals surface area contributed by atoms with E-state index in [1.54, 1.807) is 13.2 Å². The van der Waals surface area contributed by atoms with E-state index in [-0.39, 0.29) is 11.8 Å². The second-order valence-electron chi connectivity index (χ2n) is 6.55. The quantitative estimate of drug-likeness (QED) is 0.810. The Morgan fingerprint density at radius 3 is 2.88 bits per heavy atom. The van der Waals surface area contributed by atoms with Crippen LogP contribution < -0.4 is 14.2 Å². The minimum atomic E-state index is -0.198. The van der Waals surface area contributed by atoms with Crippen LogP contribution in [0.5, 0.6) is 17.2 Å². The molecule has 0 unspecified atom stereocenters. The first-order valence-electron chi connectivity index (χ1n) is 8.64. The molecule has 0 fully saturated rings. The number of hydrogen-bond donors (Lipinski definition) is 0. The minimum absolute atomic E-state index is 0.0860. The molecule has 1 atom stereocenters. The van der Waals surface area contributed by atoms with Crippen molar-refractivity contribution >= 4 is 17.5 Å². The van der Waals surface area contributed by atoms with Gasteiger partial charge < -0.3 is 19.1 Å². The molecule has 136 valence electrons. The van der Waals surface area contributed by atoms with Crippen molar-refractivity contribution < 1.29 is 19.0 Å². The lowest BCUT2D eigenvalue weighted by Crippen LogP contribution is -2.41. The summed E-state index contributed by atoms with van der Waals surface area (Å²) >= 11 is 6.10. The molecule has 26 heavy (non-hydrogen) atoms. The topological polar surface area (TPSA) is 48.0 Å². The van der Waals surface area contributed by atoms with Crippen LogP contribution in [0.1, 0.15) is 11.1 Å². The summed E-state index contributed by atoms with van der Waals surface area (Å²) in [5, 5.41) is 0.644. The Bertz CT molecular complexity index is 839. The van der Waals surface area contributed by atoms with Gasteiger partial charge in [0.2, 0.25) is 5.91 Å². The van der Waals surface area contributed by atoms with Gasteiger partial charge in [0.25, 0.3) is 0 Å². The van der Waals surface area contributed by atoms with Crippen LogP contribution in [-0.4, -0.2) is 37.7 Å². The number of benzene rings is 2. The van der Waals surface area contributed by atoms with Gasteiger partial charge in [-0.15, -0.1) is 0 Å². The van der Waals surface area contributed by atoms with Crippen molar-refractivity contribution in [2.75, 3.05) is 26.9 Å². The summed E-state index contributed by atoms with van der Waals surface area (Å²) in [6.45, 7) is 1.90. The predicted octanol–water partition coefficient (Wildman–Crippen LogP) is 3.32. The molecule has 6 heteroatoms. The van der Waals surface area contributed by atoms with Gasteiger partial charge in [-0.2, -0.15) is 0 Å². The van der Waals surface area contributed by atoms with Gasteiger partial charge in [-0.05, 0) is 36.2 Å². The molecule has 2 aromatic rings. The smallest absolute Gasteiger partial charge is 0.229 e. The molecular formula is C20H20ClNO4. The normalized spacial score (nSPS) is 18.7. The number of fused-ring (bicyclic) bond motifs is 2. The van der Waals surface area contributed by atoms with E-state index in [0.29, 0.717) is 37.7 Å². The van der Waals surface area contributed by atoms with Crippen LogP contribution in [-0.2, 0) is 17.8 Å². The summed E-state index contributed by atoms with van der Waals surface area (Å²) in [5.41, 5.74) is 1.97. The van der Waals surface area contributed by atoms with Gasteiger partial charge in [-0.1, -0.05) is 17.7 Å². The van der Waals surface area contributed by atoms with E-state index in [0.717, 1.165) is 28.4 Å². The predicted molar refractivity (Wildman–Crippen MR) is 98.0 cm³/mol. The van der Waals surface area contributed by atoms with Crippen molar-refractivity contribution in [3.05, 3.63) is 52.5 Å². The molecule has 0 aromatic heterocycles. The van der Waals surface area contributed by atoms with Gasteiger partial charge in [0.1, 0.15) is 30.5 Å². The molecule has 0 spiro atoms. The van der Waals surface area contributed by atoms with Crippen LogP contribution in [0.15, 0.2) is 36.4 Å². The third-order valence-electron chi connectivity index (χ3n) is 4.84. The molecule has 0 radical (unpaired) electrons. The van der Waals surface area contributed by atoms with E-state index in [2.05, 4.69) is 0 Å². The highest BCUT2D eigenvalue weighted by atomic mass is 35.5. The number of carbonyl (C=O) groups is 1. The lowest BCUT2D eigenvalue weighted by Gasteiger charge is -2.29. The molecule has 4 rings (SSSR count). The summed E-state index contributed by atoms with van der Waals surface area (Å²) < 4.78 is 16.8. The van der Waals surface area contributed by atoms with Crippen LogP contribution in [0.3, 0.4) is 0 Å². The fraction of sp³-hybridized carbons (Fsp3) is 0.350. The lowest BCUT2D eigenvalue weighted by atomic mass is 9.95. The van der Waals surface area contributed by atoms with Gasteiger partial charge in [0, 0.05) is 23.2 Å². The first-order chi connectivity index (χ1) is 12.6. The number of hydrogen-bond acceptors (Lipinski definition) is 4. The third kappa shape index (κ3) is 3.31. The summed E-state index contributed by atoms with van der Waals surface area (Å²) in [4.78, 5) is 14.9. The second kappa shape index (κ2) is 7.08. The van der Waals surface area contributed by atoms with Crippen molar-refractivity contribution in [3.63, 3.8) is 0 Å². The average Bonchev–Trinajstić information content (AvgIpc) is 2.88. The van der Waals surface area contributed by atoms with E-state index in [9.17, 15) is 4.79 Å². The van der Waals surface area contributed by atoms with E-state index in [1.165, 1.54) is 0 Å². The Balaban J connectivity index is 1.50. The largest absolute Gasteiger partial charge is 0.497 e. The molecule has 1 amide bonds. The zero-order valence-corrected chi connectivity index (χ0v) is 15.3. The van der Waals surface area contributed by atoms with Gasteiger partial charge in [-0.25, -0.2) is 0 Å². The zero-order valence-electron chi connectivity index (χ0n) is 14.5. The molecule has 0 bridgehead atoms. The van der Waals surface area contributed by atoms with Crippen molar-refractivity contribution in [3.8, 4) is 17.2 Å². The highest BCUT2D eigenvalue weighted by Crippen LogP contribution is 2.33. The number of amides is 1. The standard InChI is InChI=1S/C20H20ClNO4/c1-24-17-4-2-13-8-15(12-26-19(13)10-17)20(23)22-6-7-25-18-5-3-16(21)9-14(18)11-22/h2-5,9-10,15H,6-8,11-12H2,1H3/t15-/m0/s1. The Morgan fingerprint density at radius 1 is 1.15 bits per heavy atom. The van der Waals surface area contributed by atoms with E-state index >= 15 is 0 Å². The number of methoxy groups -OCH3 is 1. The third-order valence-corrected chi connectivity index (χ3v) is 5.08. The molecule has 2 aliphatic heterocycles. The van der Waals surface area contributed by atoms with Crippen LogP contribution in [0, 0.1) is 5.92 Å². The maximum Gasteiger partial charge on any atom is 0.229 e. The van der Waals surface area contributed by atoms with Gasteiger partial charge in [0.15, 0.2) is 0 Å². The fourth-order valence-corrected chi connectivity index (χ4v) is 3.64. The first-order valence-corrected chi connectivity index (χ1v) is 9.01.